The van der Waals surface area contributed by atoms with Gasteiger partial charge in [0.25, 0.3) is 0 Å². The summed E-state index contributed by atoms with van der Waals surface area (Å²) in [6.45, 7) is 2.99. The van der Waals surface area contributed by atoms with Gasteiger partial charge >= 0.3 is 11.9 Å². The Bertz CT molecular complexity index is 686. The summed E-state index contributed by atoms with van der Waals surface area (Å²) in [5.74, 6) is -4.83. The molecule has 0 saturated carbocycles. The molecule has 5 unspecified atom stereocenters. The van der Waals surface area contributed by atoms with Crippen molar-refractivity contribution in [2.24, 2.45) is 11.7 Å². The summed E-state index contributed by atoms with van der Waals surface area (Å²) in [6.07, 6.45) is 0.615. The van der Waals surface area contributed by atoms with Gasteiger partial charge in [-0.15, -0.1) is 0 Å². The summed E-state index contributed by atoms with van der Waals surface area (Å²) in [5, 5.41) is 32.4. The van der Waals surface area contributed by atoms with Gasteiger partial charge in [0, 0.05) is 13.0 Å². The number of aliphatic carboxylic acids is 2. The van der Waals surface area contributed by atoms with Gasteiger partial charge in [0.15, 0.2) is 0 Å². The maximum absolute atomic E-state index is 12.9. The fraction of sp³-hybridized carbons (Fsp3) is 0.737. The molecule has 1 aliphatic rings. The maximum atomic E-state index is 12.9. The lowest BCUT2D eigenvalue weighted by Gasteiger charge is -2.28. The van der Waals surface area contributed by atoms with E-state index < -0.39 is 66.9 Å². The number of likely N-dealkylation sites (tertiary alicyclic amines) is 1. The Hall–Kier alpha value is -2.73. The van der Waals surface area contributed by atoms with Crippen LogP contribution in [-0.4, -0.2) is 87.2 Å². The molecule has 1 heterocycles. The zero-order valence-electron chi connectivity index (χ0n) is 17.7. The molecule has 0 aromatic heterocycles. The molecule has 1 rings (SSSR count). The minimum absolute atomic E-state index is 0.166. The van der Waals surface area contributed by atoms with Crippen molar-refractivity contribution in [1.29, 1.82) is 0 Å². The third-order valence-electron chi connectivity index (χ3n) is 5.46. The van der Waals surface area contributed by atoms with Crippen molar-refractivity contribution in [3.05, 3.63) is 0 Å². The molecule has 5 atom stereocenters. The van der Waals surface area contributed by atoms with Gasteiger partial charge in [0.1, 0.15) is 18.1 Å². The molecule has 12 nitrogen and oxygen atoms in total. The molecule has 12 heteroatoms. The van der Waals surface area contributed by atoms with Gasteiger partial charge in [-0.3, -0.25) is 19.2 Å². The molecule has 0 aromatic rings. The monoisotopic (exact) mass is 444 g/mol. The van der Waals surface area contributed by atoms with Crippen molar-refractivity contribution in [3.63, 3.8) is 0 Å². The van der Waals surface area contributed by atoms with Crippen LogP contribution in [0.2, 0.25) is 0 Å². The molecule has 176 valence electrons. The molecule has 3 amide bonds. The zero-order valence-corrected chi connectivity index (χ0v) is 17.7. The molecule has 7 N–H and O–H groups in total. The number of carboxylic acids is 2. The van der Waals surface area contributed by atoms with Crippen LogP contribution in [0.15, 0.2) is 0 Å². The highest BCUT2D eigenvalue weighted by atomic mass is 16.4. The van der Waals surface area contributed by atoms with Crippen molar-refractivity contribution in [2.45, 2.75) is 70.1 Å². The van der Waals surface area contributed by atoms with E-state index >= 15 is 0 Å². The van der Waals surface area contributed by atoms with Gasteiger partial charge in [-0.1, -0.05) is 20.3 Å². The van der Waals surface area contributed by atoms with E-state index in [-0.39, 0.29) is 25.3 Å². The number of hydrogen-bond donors (Lipinski definition) is 6. The number of amides is 3. The predicted octanol–water partition coefficient (Wildman–Crippen LogP) is -1.74. The average Bonchev–Trinajstić information content (AvgIpc) is 3.22. The average molecular weight is 444 g/mol. The van der Waals surface area contributed by atoms with Crippen LogP contribution in [0.1, 0.15) is 46.0 Å². The quantitative estimate of drug-likeness (QED) is 0.202. The third-order valence-corrected chi connectivity index (χ3v) is 5.46. The molecule has 1 saturated heterocycles. The summed E-state index contributed by atoms with van der Waals surface area (Å²) in [7, 11) is 0. The molecular formula is C19H32N4O8. The lowest BCUT2D eigenvalue weighted by atomic mass is 9.99. The van der Waals surface area contributed by atoms with Crippen LogP contribution in [0.25, 0.3) is 0 Å². The molecule has 31 heavy (non-hydrogen) atoms. The lowest BCUT2D eigenvalue weighted by Crippen LogP contribution is -2.58. The number of aliphatic hydroxyl groups excluding tert-OH is 1. The highest BCUT2D eigenvalue weighted by molar-refractivity contribution is 5.94. The number of nitrogens with zero attached hydrogens (tertiary/aromatic N) is 1. The van der Waals surface area contributed by atoms with Crippen LogP contribution in [0.4, 0.5) is 0 Å². The number of nitrogens with one attached hydrogen (secondary N) is 2. The Morgan fingerprint density at radius 1 is 1.10 bits per heavy atom. The Balaban J connectivity index is 2.92. The first kappa shape index (κ1) is 26.3. The summed E-state index contributed by atoms with van der Waals surface area (Å²) in [6, 6.07) is -4.69. The van der Waals surface area contributed by atoms with Gasteiger partial charge < -0.3 is 36.6 Å². The third kappa shape index (κ3) is 7.47. The fourth-order valence-electron chi connectivity index (χ4n) is 3.26. The van der Waals surface area contributed by atoms with Crippen molar-refractivity contribution in [2.75, 3.05) is 13.2 Å². The standard InChI is InChI=1S/C19H32N4O8/c1-3-10(2)15(20)17(28)22-12(9-24)16(27)21-11(6-7-14(25)26)18(29)23-8-4-5-13(23)19(30)31/h10-13,15,24H,3-9,20H2,1-2H3,(H,21,27)(H,22,28)(H,25,26)(H,30,31). The number of aliphatic hydroxyl groups is 1. The normalized spacial score (nSPS) is 19.7. The van der Waals surface area contributed by atoms with Crippen molar-refractivity contribution in [1.82, 2.24) is 15.5 Å². The van der Waals surface area contributed by atoms with E-state index in [0.29, 0.717) is 12.8 Å². The smallest absolute Gasteiger partial charge is 0.326 e. The van der Waals surface area contributed by atoms with Gasteiger partial charge in [-0.05, 0) is 25.2 Å². The summed E-state index contributed by atoms with van der Waals surface area (Å²) < 4.78 is 0. The first-order valence-corrected chi connectivity index (χ1v) is 10.3. The van der Waals surface area contributed by atoms with E-state index in [1.807, 2.05) is 6.92 Å². The van der Waals surface area contributed by atoms with E-state index in [1.54, 1.807) is 6.92 Å². The SMILES string of the molecule is CCC(C)C(N)C(=O)NC(CO)C(=O)NC(CCC(=O)O)C(=O)N1CCCC1C(=O)O. The molecule has 0 spiro atoms. The van der Waals surface area contributed by atoms with E-state index in [4.69, 9.17) is 10.8 Å². The highest BCUT2D eigenvalue weighted by Gasteiger charge is 2.38. The second-order valence-electron chi connectivity index (χ2n) is 7.68. The van der Waals surface area contributed by atoms with Gasteiger partial charge in [-0.2, -0.15) is 0 Å². The Kier molecular flexibility index (Phi) is 10.4. The van der Waals surface area contributed by atoms with Crippen LogP contribution >= 0.6 is 0 Å². The lowest BCUT2D eigenvalue weighted by molar-refractivity contribution is -0.150. The first-order chi connectivity index (χ1) is 14.5. The molecule has 0 bridgehead atoms. The maximum Gasteiger partial charge on any atom is 0.326 e. The molecular weight excluding hydrogens is 412 g/mol. The number of nitrogens with two attached hydrogens (primary N) is 1. The fourth-order valence-corrected chi connectivity index (χ4v) is 3.26. The number of hydrogen-bond acceptors (Lipinski definition) is 7. The van der Waals surface area contributed by atoms with E-state index in [0.717, 1.165) is 4.90 Å². The molecule has 1 fully saturated rings. The van der Waals surface area contributed by atoms with Gasteiger partial charge in [-0.25, -0.2) is 4.79 Å². The Labute approximate surface area is 180 Å². The van der Waals surface area contributed by atoms with E-state index in [9.17, 15) is 34.2 Å². The Morgan fingerprint density at radius 3 is 2.23 bits per heavy atom. The van der Waals surface area contributed by atoms with Crippen molar-refractivity contribution >= 4 is 29.7 Å². The predicted molar refractivity (Wildman–Crippen MR) is 108 cm³/mol. The minimum atomic E-state index is -1.41. The van der Waals surface area contributed by atoms with E-state index in [1.165, 1.54) is 0 Å². The van der Waals surface area contributed by atoms with Crippen molar-refractivity contribution in [3.8, 4) is 0 Å². The molecule has 0 aliphatic carbocycles. The van der Waals surface area contributed by atoms with Gasteiger partial charge in [0.2, 0.25) is 17.7 Å². The van der Waals surface area contributed by atoms with Crippen molar-refractivity contribution < 1.29 is 39.3 Å². The minimum Gasteiger partial charge on any atom is -0.481 e. The number of carboxylic acid groups (broad SMARTS) is 2. The second kappa shape index (κ2) is 12.2. The summed E-state index contributed by atoms with van der Waals surface area (Å²) in [5.41, 5.74) is 5.82. The van der Waals surface area contributed by atoms with Crippen LogP contribution in [-0.2, 0) is 24.0 Å². The van der Waals surface area contributed by atoms with Crippen LogP contribution in [0.3, 0.4) is 0 Å². The zero-order chi connectivity index (χ0) is 23.7. The molecule has 0 radical (unpaired) electrons. The molecule has 1 aliphatic heterocycles. The first-order valence-electron chi connectivity index (χ1n) is 10.3. The summed E-state index contributed by atoms with van der Waals surface area (Å²) >= 11 is 0. The van der Waals surface area contributed by atoms with E-state index in [2.05, 4.69) is 10.6 Å². The highest BCUT2D eigenvalue weighted by Crippen LogP contribution is 2.19. The largest absolute Gasteiger partial charge is 0.481 e. The number of carbonyl (C=O) groups is 5. The topological polar surface area (TPSA) is 199 Å². The van der Waals surface area contributed by atoms with Crippen LogP contribution in [0.5, 0.6) is 0 Å². The molecule has 0 aromatic carbocycles. The van der Waals surface area contributed by atoms with Gasteiger partial charge in [0.05, 0.1) is 12.6 Å². The number of rotatable bonds is 12. The number of carbonyl (C=O) groups excluding carboxylic acids is 3. The van der Waals surface area contributed by atoms with Crippen LogP contribution < -0.4 is 16.4 Å². The second-order valence-corrected chi connectivity index (χ2v) is 7.68. The van der Waals surface area contributed by atoms with Crippen LogP contribution in [0, 0.1) is 5.92 Å². The Morgan fingerprint density at radius 2 is 1.71 bits per heavy atom. The summed E-state index contributed by atoms with van der Waals surface area (Å²) in [4.78, 5) is 61.1.